The van der Waals surface area contributed by atoms with E-state index in [1.54, 1.807) is 13.0 Å². The van der Waals surface area contributed by atoms with Crippen LogP contribution in [-0.2, 0) is 11.2 Å². The number of aromatic amines is 1. The van der Waals surface area contributed by atoms with Crippen molar-refractivity contribution in [2.75, 3.05) is 0 Å². The van der Waals surface area contributed by atoms with E-state index in [1.807, 2.05) is 13.0 Å². The van der Waals surface area contributed by atoms with E-state index in [-0.39, 0.29) is 11.6 Å². The van der Waals surface area contributed by atoms with Gasteiger partial charge in [-0.3, -0.25) is 0 Å². The first-order chi connectivity index (χ1) is 8.56. The van der Waals surface area contributed by atoms with E-state index >= 15 is 0 Å². The molecule has 0 bridgehead atoms. The largest absolute Gasteiger partial charge is 0.346 e. The summed E-state index contributed by atoms with van der Waals surface area (Å²) >= 11 is 0. The van der Waals surface area contributed by atoms with E-state index < -0.39 is 0 Å². The average Bonchev–Trinajstić information content (AvgIpc) is 2.68. The van der Waals surface area contributed by atoms with Gasteiger partial charge < -0.3 is 9.78 Å². The number of Topliss-reactive ketones (excluding diaryl/α,β-unsaturated/α-hetero) is 1. The topological polar surface area (TPSA) is 45.8 Å². The zero-order valence-corrected chi connectivity index (χ0v) is 10.5. The zero-order valence-electron chi connectivity index (χ0n) is 10.5. The van der Waals surface area contributed by atoms with Crippen molar-refractivity contribution < 1.29 is 9.18 Å². The van der Waals surface area contributed by atoms with Crippen LogP contribution >= 0.6 is 0 Å². The number of ketones is 1. The molecule has 18 heavy (non-hydrogen) atoms. The fraction of sp³-hybridized carbons (Fsp3) is 0.286. The third kappa shape index (κ3) is 2.83. The summed E-state index contributed by atoms with van der Waals surface area (Å²) in [4.78, 5) is 18.5. The maximum Gasteiger partial charge on any atom is 0.130 e. The highest BCUT2D eigenvalue weighted by atomic mass is 19.1. The number of carbonyl (C=O) groups excluding carboxylic acids is 1. The Morgan fingerprint density at radius 2 is 2.22 bits per heavy atom. The van der Waals surface area contributed by atoms with Crippen molar-refractivity contribution in [3.8, 4) is 11.3 Å². The smallest absolute Gasteiger partial charge is 0.130 e. The summed E-state index contributed by atoms with van der Waals surface area (Å²) in [6.07, 6.45) is 1.06. The molecule has 0 saturated heterocycles. The van der Waals surface area contributed by atoms with Crippen LogP contribution in [0.2, 0.25) is 0 Å². The van der Waals surface area contributed by atoms with Crippen LogP contribution in [0.15, 0.2) is 24.3 Å². The van der Waals surface area contributed by atoms with E-state index in [1.165, 1.54) is 12.1 Å². The van der Waals surface area contributed by atoms with E-state index in [9.17, 15) is 9.18 Å². The second kappa shape index (κ2) is 5.12. The van der Waals surface area contributed by atoms with Crippen molar-refractivity contribution in [2.45, 2.75) is 26.7 Å². The van der Waals surface area contributed by atoms with Crippen LogP contribution < -0.4 is 0 Å². The third-order valence-electron chi connectivity index (χ3n) is 2.75. The maximum atomic E-state index is 13.2. The molecule has 1 aromatic carbocycles. The predicted octanol–water partition coefficient (Wildman–Crippen LogP) is 3.05. The molecule has 2 rings (SSSR count). The van der Waals surface area contributed by atoms with Crippen LogP contribution in [0.1, 0.15) is 24.9 Å². The van der Waals surface area contributed by atoms with Gasteiger partial charge in [0, 0.05) is 24.1 Å². The highest BCUT2D eigenvalue weighted by Gasteiger charge is 2.10. The average molecular weight is 246 g/mol. The van der Waals surface area contributed by atoms with Gasteiger partial charge in [0.15, 0.2) is 0 Å². The molecule has 0 spiro atoms. The second-order valence-electron chi connectivity index (χ2n) is 4.37. The quantitative estimate of drug-likeness (QED) is 0.901. The Hall–Kier alpha value is -1.97. The van der Waals surface area contributed by atoms with Crippen molar-refractivity contribution in [2.24, 2.45) is 0 Å². The van der Waals surface area contributed by atoms with E-state index in [0.717, 1.165) is 22.8 Å². The Bertz CT molecular complexity index is 575. The highest BCUT2D eigenvalue weighted by Crippen LogP contribution is 2.22. The molecule has 1 aromatic heterocycles. The summed E-state index contributed by atoms with van der Waals surface area (Å²) in [5.74, 6) is 0.624. The SMILES string of the molecule is CC(=O)CCc1nc(-c2cccc(F)c2)c(C)[nH]1. The van der Waals surface area contributed by atoms with Gasteiger partial charge in [-0.1, -0.05) is 12.1 Å². The van der Waals surface area contributed by atoms with Gasteiger partial charge in [-0.05, 0) is 26.0 Å². The number of benzene rings is 1. The third-order valence-corrected chi connectivity index (χ3v) is 2.75. The number of rotatable bonds is 4. The Morgan fingerprint density at radius 1 is 1.44 bits per heavy atom. The first kappa shape index (κ1) is 12.5. The van der Waals surface area contributed by atoms with Crippen LogP contribution in [0.4, 0.5) is 4.39 Å². The van der Waals surface area contributed by atoms with E-state index in [4.69, 9.17) is 0 Å². The van der Waals surface area contributed by atoms with Gasteiger partial charge in [0.25, 0.3) is 0 Å². The Morgan fingerprint density at radius 3 is 2.89 bits per heavy atom. The standard InChI is InChI=1S/C14H15FN2O/c1-9(18)6-7-13-16-10(2)14(17-13)11-4-3-5-12(15)8-11/h3-5,8H,6-7H2,1-2H3,(H,16,17). The van der Waals surface area contributed by atoms with Gasteiger partial charge in [-0.2, -0.15) is 0 Å². The molecule has 94 valence electrons. The lowest BCUT2D eigenvalue weighted by Gasteiger charge is -1.98. The van der Waals surface area contributed by atoms with Gasteiger partial charge >= 0.3 is 0 Å². The van der Waals surface area contributed by atoms with Crippen molar-refractivity contribution >= 4 is 5.78 Å². The molecule has 0 saturated carbocycles. The Kier molecular flexibility index (Phi) is 3.55. The summed E-state index contributed by atoms with van der Waals surface area (Å²) < 4.78 is 13.2. The maximum absolute atomic E-state index is 13.2. The minimum Gasteiger partial charge on any atom is -0.346 e. The summed E-state index contributed by atoms with van der Waals surface area (Å²) in [5, 5.41) is 0. The zero-order chi connectivity index (χ0) is 13.1. The molecular weight excluding hydrogens is 231 g/mol. The van der Waals surface area contributed by atoms with E-state index in [0.29, 0.717) is 12.8 Å². The molecule has 0 aliphatic carbocycles. The monoisotopic (exact) mass is 246 g/mol. The molecule has 0 radical (unpaired) electrons. The van der Waals surface area contributed by atoms with Crippen molar-refractivity contribution in [1.29, 1.82) is 0 Å². The first-order valence-electron chi connectivity index (χ1n) is 5.87. The van der Waals surface area contributed by atoms with Crippen LogP contribution in [-0.4, -0.2) is 15.8 Å². The van der Waals surface area contributed by atoms with Gasteiger partial charge in [-0.25, -0.2) is 9.37 Å². The predicted molar refractivity (Wildman–Crippen MR) is 67.7 cm³/mol. The van der Waals surface area contributed by atoms with Crippen molar-refractivity contribution in [1.82, 2.24) is 9.97 Å². The minimum atomic E-state index is -0.278. The number of hydrogen-bond acceptors (Lipinski definition) is 2. The molecule has 0 aliphatic rings. The number of nitrogens with one attached hydrogen (secondary N) is 1. The molecule has 0 atom stereocenters. The van der Waals surface area contributed by atoms with Crippen molar-refractivity contribution in [3.63, 3.8) is 0 Å². The highest BCUT2D eigenvalue weighted by molar-refractivity contribution is 5.75. The summed E-state index contributed by atoms with van der Waals surface area (Å²) in [6.45, 7) is 3.45. The summed E-state index contributed by atoms with van der Waals surface area (Å²) in [5.41, 5.74) is 2.38. The van der Waals surface area contributed by atoms with Gasteiger partial charge in [0.05, 0.1) is 5.69 Å². The Balaban J connectivity index is 2.26. The molecule has 1 heterocycles. The second-order valence-corrected chi connectivity index (χ2v) is 4.37. The van der Waals surface area contributed by atoms with Crippen LogP contribution in [0.25, 0.3) is 11.3 Å². The van der Waals surface area contributed by atoms with Crippen molar-refractivity contribution in [3.05, 3.63) is 41.6 Å². The van der Waals surface area contributed by atoms with Crippen LogP contribution in [0.5, 0.6) is 0 Å². The van der Waals surface area contributed by atoms with Crippen LogP contribution in [0, 0.1) is 12.7 Å². The molecule has 0 amide bonds. The molecule has 1 N–H and O–H groups in total. The Labute approximate surface area is 105 Å². The lowest BCUT2D eigenvalue weighted by Crippen LogP contribution is -1.95. The molecule has 0 unspecified atom stereocenters. The first-order valence-corrected chi connectivity index (χ1v) is 5.87. The normalized spacial score (nSPS) is 10.6. The van der Waals surface area contributed by atoms with Crippen LogP contribution in [0.3, 0.4) is 0 Å². The number of carbonyl (C=O) groups is 1. The number of aromatic nitrogens is 2. The fourth-order valence-corrected chi connectivity index (χ4v) is 1.85. The summed E-state index contributed by atoms with van der Waals surface area (Å²) in [7, 11) is 0. The molecule has 2 aromatic rings. The number of aryl methyl sites for hydroxylation is 2. The molecule has 0 aliphatic heterocycles. The number of imidazole rings is 1. The van der Waals surface area contributed by atoms with Gasteiger partial charge in [0.1, 0.15) is 17.4 Å². The number of halogens is 1. The van der Waals surface area contributed by atoms with Gasteiger partial charge in [0.2, 0.25) is 0 Å². The minimum absolute atomic E-state index is 0.136. The molecule has 4 heteroatoms. The fourth-order valence-electron chi connectivity index (χ4n) is 1.85. The lowest BCUT2D eigenvalue weighted by atomic mass is 10.1. The number of hydrogen-bond donors (Lipinski definition) is 1. The molecular formula is C14H15FN2O. The van der Waals surface area contributed by atoms with Gasteiger partial charge in [-0.15, -0.1) is 0 Å². The molecule has 0 fully saturated rings. The number of nitrogens with zero attached hydrogens (tertiary/aromatic N) is 1. The lowest BCUT2D eigenvalue weighted by molar-refractivity contribution is -0.117. The molecule has 3 nitrogen and oxygen atoms in total. The van der Waals surface area contributed by atoms with E-state index in [2.05, 4.69) is 9.97 Å². The summed E-state index contributed by atoms with van der Waals surface area (Å²) in [6, 6.07) is 6.34. The number of H-pyrrole nitrogens is 1.